The molecule has 0 bridgehead atoms. The summed E-state index contributed by atoms with van der Waals surface area (Å²) in [6.45, 7) is 3.90. The summed E-state index contributed by atoms with van der Waals surface area (Å²) in [5, 5.41) is 8.92. The monoisotopic (exact) mass is 222 g/mol. The Morgan fingerprint density at radius 1 is 1.56 bits per heavy atom. The highest BCUT2D eigenvalue weighted by Crippen LogP contribution is 2.25. The number of rotatable bonds is 3. The van der Waals surface area contributed by atoms with Gasteiger partial charge < -0.3 is 10.1 Å². The molecular weight excluding hydrogens is 204 g/mol. The maximum absolute atomic E-state index is 10.8. The van der Waals surface area contributed by atoms with Crippen LogP contribution in [0.25, 0.3) is 0 Å². The van der Waals surface area contributed by atoms with E-state index < -0.39 is 5.97 Å². The lowest BCUT2D eigenvalue weighted by molar-refractivity contribution is -0.143. The van der Waals surface area contributed by atoms with Gasteiger partial charge in [-0.25, -0.2) is 0 Å². The van der Waals surface area contributed by atoms with E-state index in [9.17, 15) is 4.79 Å². The maximum atomic E-state index is 10.8. The van der Waals surface area contributed by atoms with Crippen LogP contribution in [0.15, 0.2) is 18.3 Å². The summed E-state index contributed by atoms with van der Waals surface area (Å²) in [6, 6.07) is 4.42. The Labute approximate surface area is 95.3 Å². The standard InChI is InChI=1S/C12H18N2O2/c1-9(11-3-2-6-13-11)14-7-4-10(5-8-14)12(15)16/h2-3,6,9-10,13H,4-5,7-8H2,1H3,(H,15,16). The molecule has 0 amide bonds. The van der Waals surface area contributed by atoms with Gasteiger partial charge in [-0.05, 0) is 45.0 Å². The predicted octanol–water partition coefficient (Wildman–Crippen LogP) is 1.87. The summed E-state index contributed by atoms with van der Waals surface area (Å²) >= 11 is 0. The van der Waals surface area contributed by atoms with E-state index in [-0.39, 0.29) is 5.92 Å². The number of aromatic nitrogens is 1. The third kappa shape index (κ3) is 2.27. The van der Waals surface area contributed by atoms with Crippen molar-refractivity contribution in [3.8, 4) is 0 Å². The number of aliphatic carboxylic acids is 1. The average Bonchev–Trinajstić information content (AvgIpc) is 2.81. The van der Waals surface area contributed by atoms with E-state index in [0.29, 0.717) is 6.04 Å². The van der Waals surface area contributed by atoms with Gasteiger partial charge in [0.15, 0.2) is 0 Å². The molecule has 0 saturated carbocycles. The second-order valence-corrected chi connectivity index (χ2v) is 4.45. The predicted molar refractivity (Wildman–Crippen MR) is 61.1 cm³/mol. The largest absolute Gasteiger partial charge is 0.481 e. The van der Waals surface area contributed by atoms with Gasteiger partial charge in [-0.1, -0.05) is 0 Å². The van der Waals surface area contributed by atoms with Crippen LogP contribution in [0.1, 0.15) is 31.5 Å². The molecule has 2 N–H and O–H groups in total. The first-order chi connectivity index (χ1) is 7.68. The van der Waals surface area contributed by atoms with Gasteiger partial charge in [0, 0.05) is 17.9 Å². The van der Waals surface area contributed by atoms with Gasteiger partial charge in [0.05, 0.1) is 5.92 Å². The second kappa shape index (κ2) is 4.70. The summed E-state index contributed by atoms with van der Waals surface area (Å²) in [5.74, 6) is -0.792. The molecule has 4 nitrogen and oxygen atoms in total. The third-order valence-electron chi connectivity index (χ3n) is 3.50. The van der Waals surface area contributed by atoms with Crippen molar-refractivity contribution in [1.82, 2.24) is 9.88 Å². The Hall–Kier alpha value is -1.29. The van der Waals surface area contributed by atoms with Gasteiger partial charge in [0.2, 0.25) is 0 Å². The number of aromatic amines is 1. The Morgan fingerprint density at radius 2 is 2.25 bits per heavy atom. The summed E-state index contributed by atoms with van der Waals surface area (Å²) in [5.41, 5.74) is 1.20. The highest BCUT2D eigenvalue weighted by Gasteiger charge is 2.27. The van der Waals surface area contributed by atoms with Crippen LogP contribution < -0.4 is 0 Å². The molecule has 0 aromatic carbocycles. The second-order valence-electron chi connectivity index (χ2n) is 4.45. The van der Waals surface area contributed by atoms with Crippen LogP contribution in [-0.2, 0) is 4.79 Å². The highest BCUT2D eigenvalue weighted by atomic mass is 16.4. The molecule has 0 radical (unpaired) electrons. The number of hydrogen-bond donors (Lipinski definition) is 2. The molecule has 1 aromatic rings. The number of hydrogen-bond acceptors (Lipinski definition) is 2. The maximum Gasteiger partial charge on any atom is 0.306 e. The summed E-state index contributed by atoms with van der Waals surface area (Å²) < 4.78 is 0. The molecule has 1 atom stereocenters. The van der Waals surface area contributed by atoms with Crippen LogP contribution in [0, 0.1) is 5.92 Å². The van der Waals surface area contributed by atoms with Gasteiger partial charge in [-0.3, -0.25) is 9.69 Å². The summed E-state index contributed by atoms with van der Waals surface area (Å²) in [4.78, 5) is 16.4. The lowest BCUT2D eigenvalue weighted by Gasteiger charge is -2.34. The Kier molecular flexibility index (Phi) is 3.29. The summed E-state index contributed by atoms with van der Waals surface area (Å²) in [6.07, 6.45) is 3.45. The molecule has 2 rings (SSSR count). The number of carboxylic acids is 1. The Morgan fingerprint density at radius 3 is 2.75 bits per heavy atom. The normalized spacial score (nSPS) is 20.8. The van der Waals surface area contributed by atoms with Crippen molar-refractivity contribution in [2.75, 3.05) is 13.1 Å². The van der Waals surface area contributed by atoms with Gasteiger partial charge in [-0.2, -0.15) is 0 Å². The number of H-pyrrole nitrogens is 1. The van der Waals surface area contributed by atoms with E-state index in [1.54, 1.807) is 0 Å². The van der Waals surface area contributed by atoms with E-state index in [1.165, 1.54) is 5.69 Å². The number of nitrogens with zero attached hydrogens (tertiary/aromatic N) is 1. The van der Waals surface area contributed by atoms with Crippen LogP contribution in [0.5, 0.6) is 0 Å². The van der Waals surface area contributed by atoms with Crippen LogP contribution in [0.3, 0.4) is 0 Å². The van der Waals surface area contributed by atoms with Crippen LogP contribution >= 0.6 is 0 Å². The third-order valence-corrected chi connectivity index (χ3v) is 3.50. The molecule has 0 spiro atoms. The van der Waals surface area contributed by atoms with Crippen molar-refractivity contribution in [3.05, 3.63) is 24.0 Å². The Balaban J connectivity index is 1.92. The molecule has 1 aliphatic rings. The summed E-state index contributed by atoms with van der Waals surface area (Å²) in [7, 11) is 0. The number of piperidine rings is 1. The van der Waals surface area contributed by atoms with Crippen molar-refractivity contribution in [3.63, 3.8) is 0 Å². The molecule has 1 saturated heterocycles. The molecule has 1 aliphatic heterocycles. The van der Waals surface area contributed by atoms with Gasteiger partial charge >= 0.3 is 5.97 Å². The van der Waals surface area contributed by atoms with Crippen LogP contribution in [-0.4, -0.2) is 34.0 Å². The van der Waals surface area contributed by atoms with E-state index in [4.69, 9.17) is 5.11 Å². The smallest absolute Gasteiger partial charge is 0.306 e. The van der Waals surface area contributed by atoms with Crippen LogP contribution in [0.2, 0.25) is 0 Å². The van der Waals surface area contributed by atoms with E-state index >= 15 is 0 Å². The number of nitrogens with one attached hydrogen (secondary N) is 1. The van der Waals surface area contributed by atoms with Crippen LogP contribution in [0.4, 0.5) is 0 Å². The van der Waals surface area contributed by atoms with E-state index in [1.807, 2.05) is 12.3 Å². The minimum atomic E-state index is -0.646. The fourth-order valence-electron chi connectivity index (χ4n) is 2.33. The number of carbonyl (C=O) groups is 1. The molecule has 4 heteroatoms. The quantitative estimate of drug-likeness (QED) is 0.821. The average molecular weight is 222 g/mol. The minimum absolute atomic E-state index is 0.146. The zero-order valence-corrected chi connectivity index (χ0v) is 9.52. The number of likely N-dealkylation sites (tertiary alicyclic amines) is 1. The lowest BCUT2D eigenvalue weighted by atomic mass is 9.96. The highest BCUT2D eigenvalue weighted by molar-refractivity contribution is 5.70. The first-order valence-corrected chi connectivity index (χ1v) is 5.78. The minimum Gasteiger partial charge on any atom is -0.481 e. The molecule has 16 heavy (non-hydrogen) atoms. The molecule has 88 valence electrons. The topological polar surface area (TPSA) is 56.3 Å². The van der Waals surface area contributed by atoms with Gasteiger partial charge in [0.1, 0.15) is 0 Å². The molecule has 1 aromatic heterocycles. The molecule has 2 heterocycles. The van der Waals surface area contributed by atoms with Crippen molar-refractivity contribution in [1.29, 1.82) is 0 Å². The van der Waals surface area contributed by atoms with Crippen molar-refractivity contribution >= 4 is 5.97 Å². The van der Waals surface area contributed by atoms with Gasteiger partial charge in [0.25, 0.3) is 0 Å². The zero-order valence-electron chi connectivity index (χ0n) is 9.52. The fourth-order valence-corrected chi connectivity index (χ4v) is 2.33. The SMILES string of the molecule is CC(c1ccc[nH]1)N1CCC(C(=O)O)CC1. The zero-order chi connectivity index (χ0) is 11.5. The molecule has 1 fully saturated rings. The molecule has 1 unspecified atom stereocenters. The first kappa shape index (κ1) is 11.2. The van der Waals surface area contributed by atoms with E-state index in [2.05, 4.69) is 22.9 Å². The van der Waals surface area contributed by atoms with Gasteiger partial charge in [-0.15, -0.1) is 0 Å². The fraction of sp³-hybridized carbons (Fsp3) is 0.583. The lowest BCUT2D eigenvalue weighted by Crippen LogP contribution is -2.37. The Bertz CT molecular complexity index is 340. The van der Waals surface area contributed by atoms with Crippen molar-refractivity contribution < 1.29 is 9.90 Å². The van der Waals surface area contributed by atoms with E-state index in [0.717, 1.165) is 25.9 Å². The first-order valence-electron chi connectivity index (χ1n) is 5.78. The molecule has 0 aliphatic carbocycles. The van der Waals surface area contributed by atoms with Crippen molar-refractivity contribution in [2.24, 2.45) is 5.92 Å². The molecular formula is C12H18N2O2. The van der Waals surface area contributed by atoms with Crippen molar-refractivity contribution in [2.45, 2.75) is 25.8 Å². The number of carboxylic acid groups (broad SMARTS) is 1.